The van der Waals surface area contributed by atoms with Crippen LogP contribution in [-0.2, 0) is 14.8 Å². The lowest BCUT2D eigenvalue weighted by Gasteiger charge is -2.42. The van der Waals surface area contributed by atoms with Gasteiger partial charge in [-0.25, -0.2) is 23.2 Å². The molecule has 0 spiro atoms. The first-order valence-electron chi connectivity index (χ1n) is 10.8. The molecule has 2 aromatic rings. The average Bonchev–Trinajstić information content (AvgIpc) is 3.16. The summed E-state index contributed by atoms with van der Waals surface area (Å²) in [6, 6.07) is 6.53. The summed E-state index contributed by atoms with van der Waals surface area (Å²) in [6.07, 6.45) is 2.98. The van der Waals surface area contributed by atoms with Gasteiger partial charge in [-0.15, -0.1) is 11.3 Å². The van der Waals surface area contributed by atoms with E-state index in [4.69, 9.17) is 51.1 Å². The summed E-state index contributed by atoms with van der Waals surface area (Å²) in [5, 5.41) is 5.65. The van der Waals surface area contributed by atoms with E-state index >= 15 is 0 Å². The maximum absolute atomic E-state index is 12.6. The fourth-order valence-corrected chi connectivity index (χ4v) is 7.33. The molecule has 0 aliphatic carbocycles. The lowest BCUT2D eigenvalue weighted by atomic mass is 9.97. The van der Waals surface area contributed by atoms with Crippen molar-refractivity contribution in [3.8, 4) is 5.75 Å². The van der Waals surface area contributed by atoms with Crippen LogP contribution in [0, 0.1) is 5.92 Å². The first-order chi connectivity index (χ1) is 16.1. The number of thiophene rings is 1. The van der Waals surface area contributed by atoms with Crippen molar-refractivity contribution >= 4 is 73.7 Å². The molecule has 3 heterocycles. The summed E-state index contributed by atoms with van der Waals surface area (Å²) in [5.41, 5.74) is 0. The molecule has 2 aliphatic rings. The van der Waals surface area contributed by atoms with Gasteiger partial charge in [0, 0.05) is 38.2 Å². The predicted molar refractivity (Wildman–Crippen MR) is 136 cm³/mol. The monoisotopic (exact) mass is 585 g/mol. The van der Waals surface area contributed by atoms with Crippen LogP contribution in [-0.4, -0.2) is 56.6 Å². The fourth-order valence-electron chi connectivity index (χ4n) is 4.12. The number of rotatable bonds is 6. The average molecular weight is 587 g/mol. The van der Waals surface area contributed by atoms with Crippen molar-refractivity contribution in [3.05, 3.63) is 43.7 Å². The van der Waals surface area contributed by atoms with Gasteiger partial charge >= 0.3 is 0 Å². The van der Waals surface area contributed by atoms with E-state index in [0.29, 0.717) is 41.7 Å². The third-order valence-corrected chi connectivity index (χ3v) is 10.4. The number of piperidine rings is 2. The lowest BCUT2D eigenvalue weighted by molar-refractivity contribution is -0.128. The van der Waals surface area contributed by atoms with Crippen LogP contribution >= 0.6 is 57.7 Å². The van der Waals surface area contributed by atoms with E-state index in [9.17, 15) is 13.2 Å². The Morgan fingerprint density at radius 2 is 1.53 bits per heavy atom. The molecule has 2 aliphatic heterocycles. The van der Waals surface area contributed by atoms with Gasteiger partial charge in [0.1, 0.15) is 20.4 Å². The Bertz CT molecular complexity index is 1130. The number of ether oxygens (including phenoxy) is 1. The zero-order chi connectivity index (χ0) is 24.5. The smallest absolute Gasteiger partial charge is 0.273 e. The van der Waals surface area contributed by atoms with Crippen LogP contribution in [0.2, 0.25) is 19.4 Å². The predicted octanol–water partition coefficient (Wildman–Crippen LogP) is 5.34. The maximum atomic E-state index is 12.6. The third kappa shape index (κ3) is 6.31. The topological polar surface area (TPSA) is 79.0 Å². The fraction of sp³-hybridized carbons (Fsp3) is 0.476. The number of carbonyl (C=O) groups is 1. The van der Waals surface area contributed by atoms with Crippen molar-refractivity contribution in [2.75, 3.05) is 26.2 Å². The third-order valence-electron chi connectivity index (χ3n) is 5.98. The molecule has 0 atom stereocenters. The molecule has 0 bridgehead atoms. The summed E-state index contributed by atoms with van der Waals surface area (Å²) in [6.45, 7) is 3.06. The zero-order valence-corrected chi connectivity index (χ0v) is 22.6. The SMILES string of the molecule is O=C(NS(=O)(=O)c1cc(Cl)c(Cl)s1)C1CCN(N2CCC(Oc3ccc(Cl)c(Cl)c3)CC2)CC1. The highest BCUT2D eigenvalue weighted by atomic mass is 35.5. The molecule has 2 saturated heterocycles. The van der Waals surface area contributed by atoms with E-state index in [2.05, 4.69) is 14.7 Å². The molecule has 7 nitrogen and oxygen atoms in total. The molecule has 0 radical (unpaired) electrons. The number of nitrogens with one attached hydrogen (secondary N) is 1. The van der Waals surface area contributed by atoms with Crippen LogP contribution in [0.4, 0.5) is 0 Å². The Morgan fingerprint density at radius 1 is 0.912 bits per heavy atom. The summed E-state index contributed by atoms with van der Waals surface area (Å²) in [7, 11) is -3.99. The molecular weight excluding hydrogens is 564 g/mol. The number of hydrazine groups is 1. The van der Waals surface area contributed by atoms with Crippen LogP contribution in [0.15, 0.2) is 28.5 Å². The van der Waals surface area contributed by atoms with Crippen molar-refractivity contribution in [2.24, 2.45) is 5.92 Å². The van der Waals surface area contributed by atoms with Gasteiger partial charge in [0.15, 0.2) is 0 Å². The second-order valence-corrected chi connectivity index (χ2v) is 13.0. The zero-order valence-electron chi connectivity index (χ0n) is 18.0. The highest BCUT2D eigenvalue weighted by Crippen LogP contribution is 2.34. The number of hydrogen-bond acceptors (Lipinski definition) is 7. The summed E-state index contributed by atoms with van der Waals surface area (Å²) in [4.78, 5) is 12.6. The number of sulfonamides is 1. The van der Waals surface area contributed by atoms with Crippen LogP contribution in [0.5, 0.6) is 5.75 Å². The second kappa shape index (κ2) is 11.1. The van der Waals surface area contributed by atoms with Gasteiger partial charge in [-0.2, -0.15) is 0 Å². The Labute approximate surface area is 222 Å². The van der Waals surface area contributed by atoms with E-state index in [1.54, 1.807) is 12.1 Å². The van der Waals surface area contributed by atoms with Gasteiger partial charge in [0.2, 0.25) is 5.91 Å². The summed E-state index contributed by atoms with van der Waals surface area (Å²) < 4.78 is 33.3. The molecule has 4 rings (SSSR count). The molecule has 0 unspecified atom stereocenters. The number of nitrogens with zero attached hydrogens (tertiary/aromatic N) is 2. The van der Waals surface area contributed by atoms with Crippen molar-refractivity contribution < 1.29 is 17.9 Å². The van der Waals surface area contributed by atoms with E-state index in [-0.39, 0.29) is 25.6 Å². The number of halogens is 4. The largest absolute Gasteiger partial charge is 0.490 e. The molecule has 1 aromatic carbocycles. The molecule has 2 fully saturated rings. The van der Waals surface area contributed by atoms with Crippen LogP contribution in [0.25, 0.3) is 0 Å². The van der Waals surface area contributed by atoms with Gasteiger partial charge < -0.3 is 4.74 Å². The minimum Gasteiger partial charge on any atom is -0.490 e. The molecule has 186 valence electrons. The molecule has 1 N–H and O–H groups in total. The van der Waals surface area contributed by atoms with Crippen molar-refractivity contribution in [3.63, 3.8) is 0 Å². The Balaban J connectivity index is 1.23. The number of hydrogen-bond donors (Lipinski definition) is 1. The van der Waals surface area contributed by atoms with Gasteiger partial charge in [-0.05, 0) is 43.9 Å². The highest BCUT2D eigenvalue weighted by Gasteiger charge is 2.32. The first kappa shape index (κ1) is 26.3. The Hall–Kier alpha value is -0.780. The number of carbonyl (C=O) groups excluding carboxylic acids is 1. The molecule has 1 aromatic heterocycles. The lowest BCUT2D eigenvalue weighted by Crippen LogP contribution is -2.52. The quantitative estimate of drug-likeness (QED) is 0.492. The van der Waals surface area contributed by atoms with Crippen molar-refractivity contribution in [1.82, 2.24) is 14.7 Å². The first-order valence-corrected chi connectivity index (χ1v) is 14.6. The van der Waals surface area contributed by atoms with Gasteiger partial charge in [0.25, 0.3) is 10.0 Å². The maximum Gasteiger partial charge on any atom is 0.273 e. The van der Waals surface area contributed by atoms with Crippen molar-refractivity contribution in [1.29, 1.82) is 0 Å². The van der Waals surface area contributed by atoms with Crippen LogP contribution < -0.4 is 9.46 Å². The summed E-state index contributed by atoms with van der Waals surface area (Å²) in [5.74, 6) is -0.150. The van der Waals surface area contributed by atoms with Crippen LogP contribution in [0.3, 0.4) is 0 Å². The van der Waals surface area contributed by atoms with Crippen molar-refractivity contribution in [2.45, 2.75) is 36.0 Å². The molecular formula is C21H23Cl4N3O4S2. The molecule has 13 heteroatoms. The molecule has 0 saturated carbocycles. The summed E-state index contributed by atoms with van der Waals surface area (Å²) >= 11 is 24.5. The Morgan fingerprint density at radius 3 is 2.09 bits per heavy atom. The van der Waals surface area contributed by atoms with E-state index < -0.39 is 15.9 Å². The van der Waals surface area contributed by atoms with Gasteiger partial charge in [0.05, 0.1) is 15.1 Å². The van der Waals surface area contributed by atoms with Gasteiger partial charge in [-0.1, -0.05) is 46.4 Å². The van der Waals surface area contributed by atoms with E-state index in [1.807, 2.05) is 6.07 Å². The Kier molecular flexibility index (Phi) is 8.57. The highest BCUT2D eigenvalue weighted by molar-refractivity contribution is 7.92. The van der Waals surface area contributed by atoms with E-state index in [1.165, 1.54) is 6.07 Å². The molecule has 34 heavy (non-hydrogen) atoms. The number of amides is 1. The normalized spacial score (nSPS) is 19.3. The second-order valence-electron chi connectivity index (χ2n) is 8.23. The van der Waals surface area contributed by atoms with Gasteiger partial charge in [-0.3, -0.25) is 4.79 Å². The minimum atomic E-state index is -3.99. The minimum absolute atomic E-state index is 0.0701. The molecule has 1 amide bonds. The van der Waals surface area contributed by atoms with Crippen LogP contribution in [0.1, 0.15) is 25.7 Å². The number of benzene rings is 1. The standard InChI is InChI=1S/C21H23Cl4N3O4S2/c22-16-2-1-15(11-17(16)23)32-14-5-9-28(10-6-14)27-7-3-13(4-8-27)21(29)26-34(30,31)19-12-18(24)20(25)33-19/h1-2,11-14H,3-10H2,(H,26,29). The van der Waals surface area contributed by atoms with E-state index in [0.717, 1.165) is 37.3 Å².